The van der Waals surface area contributed by atoms with Crippen molar-refractivity contribution in [1.82, 2.24) is 9.78 Å². The van der Waals surface area contributed by atoms with Gasteiger partial charge in [0.2, 0.25) is 5.91 Å². The van der Waals surface area contributed by atoms with Crippen LogP contribution in [0.5, 0.6) is 0 Å². The Kier molecular flexibility index (Phi) is 3.77. The molecule has 1 amide bonds. The van der Waals surface area contributed by atoms with Crippen molar-refractivity contribution in [2.75, 3.05) is 5.32 Å². The molecular weight excluding hydrogens is 226 g/mol. The number of nitrogens with one attached hydrogen (secondary N) is 1. The number of nitrogens with zero attached hydrogens (tertiary/aromatic N) is 2. The highest BCUT2D eigenvalue weighted by atomic mass is 16.2. The van der Waals surface area contributed by atoms with Gasteiger partial charge in [-0.05, 0) is 37.1 Å². The standard InChI is InChI=1S/C14H17N3O/c1-3-12-5-7-13(8-6-12)16-14(18)11(2)17-10-4-9-15-17/h4-11H,3H2,1-2H3,(H,16,18). The molecule has 0 fully saturated rings. The zero-order chi connectivity index (χ0) is 13.0. The van der Waals surface area contributed by atoms with E-state index in [2.05, 4.69) is 17.3 Å². The van der Waals surface area contributed by atoms with Gasteiger partial charge in [0.05, 0.1) is 0 Å². The summed E-state index contributed by atoms with van der Waals surface area (Å²) >= 11 is 0. The van der Waals surface area contributed by atoms with Crippen molar-refractivity contribution in [2.45, 2.75) is 26.3 Å². The van der Waals surface area contributed by atoms with E-state index in [1.807, 2.05) is 31.2 Å². The largest absolute Gasteiger partial charge is 0.324 e. The predicted molar refractivity (Wildman–Crippen MR) is 71.4 cm³/mol. The first kappa shape index (κ1) is 12.4. The molecule has 1 unspecified atom stereocenters. The Morgan fingerprint density at radius 3 is 2.67 bits per heavy atom. The highest BCUT2D eigenvalue weighted by molar-refractivity contribution is 5.93. The average molecular weight is 243 g/mol. The van der Waals surface area contributed by atoms with Crippen LogP contribution in [0.4, 0.5) is 5.69 Å². The van der Waals surface area contributed by atoms with Crippen LogP contribution < -0.4 is 5.32 Å². The molecule has 0 bridgehead atoms. The van der Waals surface area contributed by atoms with Crippen LogP contribution in [0.2, 0.25) is 0 Å². The smallest absolute Gasteiger partial charge is 0.248 e. The summed E-state index contributed by atoms with van der Waals surface area (Å²) in [5, 5.41) is 6.94. The van der Waals surface area contributed by atoms with Crippen molar-refractivity contribution >= 4 is 11.6 Å². The van der Waals surface area contributed by atoms with Gasteiger partial charge in [-0.3, -0.25) is 9.48 Å². The molecule has 2 rings (SSSR count). The number of amides is 1. The fourth-order valence-corrected chi connectivity index (χ4v) is 1.70. The maximum absolute atomic E-state index is 12.0. The van der Waals surface area contributed by atoms with E-state index in [4.69, 9.17) is 0 Å². The summed E-state index contributed by atoms with van der Waals surface area (Å²) in [7, 11) is 0. The van der Waals surface area contributed by atoms with E-state index in [1.165, 1.54) is 5.56 Å². The molecule has 1 N–H and O–H groups in total. The summed E-state index contributed by atoms with van der Waals surface area (Å²) in [6, 6.07) is 9.38. The number of carbonyl (C=O) groups excluding carboxylic acids is 1. The number of carbonyl (C=O) groups is 1. The molecule has 4 heteroatoms. The van der Waals surface area contributed by atoms with E-state index in [0.717, 1.165) is 12.1 Å². The zero-order valence-corrected chi connectivity index (χ0v) is 10.6. The van der Waals surface area contributed by atoms with Crippen LogP contribution >= 0.6 is 0 Å². The molecule has 18 heavy (non-hydrogen) atoms. The lowest BCUT2D eigenvalue weighted by Crippen LogP contribution is -2.23. The summed E-state index contributed by atoms with van der Waals surface area (Å²) in [6.07, 6.45) is 4.45. The van der Waals surface area contributed by atoms with Crippen LogP contribution in [0, 0.1) is 0 Å². The molecule has 0 aliphatic heterocycles. The third-order valence-corrected chi connectivity index (χ3v) is 2.93. The number of benzene rings is 1. The molecule has 1 aromatic carbocycles. The first-order chi connectivity index (χ1) is 8.70. The number of aryl methyl sites for hydroxylation is 1. The summed E-state index contributed by atoms with van der Waals surface area (Å²) in [5.41, 5.74) is 2.07. The van der Waals surface area contributed by atoms with Gasteiger partial charge in [-0.1, -0.05) is 19.1 Å². The first-order valence-electron chi connectivity index (χ1n) is 6.09. The van der Waals surface area contributed by atoms with E-state index in [-0.39, 0.29) is 11.9 Å². The highest BCUT2D eigenvalue weighted by Gasteiger charge is 2.14. The Morgan fingerprint density at radius 1 is 1.39 bits per heavy atom. The molecule has 2 aromatic rings. The summed E-state index contributed by atoms with van der Waals surface area (Å²) in [4.78, 5) is 12.0. The Bertz CT molecular complexity index is 502. The quantitative estimate of drug-likeness (QED) is 0.897. The second-order valence-corrected chi connectivity index (χ2v) is 4.20. The predicted octanol–water partition coefficient (Wildman–Crippen LogP) is 2.65. The van der Waals surface area contributed by atoms with Crippen molar-refractivity contribution in [1.29, 1.82) is 0 Å². The fourth-order valence-electron chi connectivity index (χ4n) is 1.70. The van der Waals surface area contributed by atoms with Crippen LogP contribution in [-0.4, -0.2) is 15.7 Å². The molecule has 0 spiro atoms. The number of aromatic nitrogens is 2. The van der Waals surface area contributed by atoms with Crippen molar-refractivity contribution in [2.24, 2.45) is 0 Å². The van der Waals surface area contributed by atoms with Gasteiger partial charge < -0.3 is 5.32 Å². The number of rotatable bonds is 4. The lowest BCUT2D eigenvalue weighted by atomic mass is 10.1. The van der Waals surface area contributed by atoms with Gasteiger partial charge in [-0.25, -0.2) is 0 Å². The van der Waals surface area contributed by atoms with Gasteiger partial charge in [0, 0.05) is 18.1 Å². The zero-order valence-electron chi connectivity index (χ0n) is 10.6. The average Bonchev–Trinajstić information content (AvgIpc) is 2.92. The molecule has 0 saturated heterocycles. The summed E-state index contributed by atoms with van der Waals surface area (Å²) < 4.78 is 1.63. The maximum atomic E-state index is 12.0. The second kappa shape index (κ2) is 5.49. The molecule has 1 heterocycles. The van der Waals surface area contributed by atoms with Gasteiger partial charge in [-0.2, -0.15) is 5.10 Å². The van der Waals surface area contributed by atoms with E-state index >= 15 is 0 Å². The van der Waals surface area contributed by atoms with Crippen molar-refractivity contribution in [3.63, 3.8) is 0 Å². The second-order valence-electron chi connectivity index (χ2n) is 4.20. The van der Waals surface area contributed by atoms with Crippen LogP contribution in [-0.2, 0) is 11.2 Å². The van der Waals surface area contributed by atoms with Gasteiger partial charge in [0.1, 0.15) is 6.04 Å². The van der Waals surface area contributed by atoms with E-state index in [0.29, 0.717) is 0 Å². The van der Waals surface area contributed by atoms with E-state index in [1.54, 1.807) is 23.1 Å². The molecule has 4 nitrogen and oxygen atoms in total. The monoisotopic (exact) mass is 243 g/mol. The Hall–Kier alpha value is -2.10. The summed E-state index contributed by atoms with van der Waals surface area (Å²) in [6.45, 7) is 3.93. The minimum absolute atomic E-state index is 0.0667. The highest BCUT2D eigenvalue weighted by Crippen LogP contribution is 2.12. The molecule has 1 atom stereocenters. The number of anilines is 1. The number of hydrogen-bond donors (Lipinski definition) is 1. The third-order valence-electron chi connectivity index (χ3n) is 2.93. The first-order valence-corrected chi connectivity index (χ1v) is 6.09. The fraction of sp³-hybridized carbons (Fsp3) is 0.286. The molecule has 94 valence electrons. The molecule has 1 aromatic heterocycles. The SMILES string of the molecule is CCc1ccc(NC(=O)C(C)n2cccn2)cc1. The molecule has 0 radical (unpaired) electrons. The molecule has 0 aliphatic rings. The Balaban J connectivity index is 2.02. The van der Waals surface area contributed by atoms with Gasteiger partial charge in [0.15, 0.2) is 0 Å². The Labute approximate surface area is 107 Å². The topological polar surface area (TPSA) is 46.9 Å². The number of hydrogen-bond acceptors (Lipinski definition) is 2. The normalized spacial score (nSPS) is 12.1. The van der Waals surface area contributed by atoms with Crippen LogP contribution in [0.15, 0.2) is 42.7 Å². The van der Waals surface area contributed by atoms with Crippen molar-refractivity contribution in [3.05, 3.63) is 48.3 Å². The maximum Gasteiger partial charge on any atom is 0.248 e. The summed E-state index contributed by atoms with van der Waals surface area (Å²) in [5.74, 6) is -0.0667. The van der Waals surface area contributed by atoms with Crippen LogP contribution in [0.25, 0.3) is 0 Å². The van der Waals surface area contributed by atoms with Crippen molar-refractivity contribution < 1.29 is 4.79 Å². The van der Waals surface area contributed by atoms with Gasteiger partial charge in [-0.15, -0.1) is 0 Å². The Morgan fingerprint density at radius 2 is 2.11 bits per heavy atom. The lowest BCUT2D eigenvalue weighted by molar-refractivity contribution is -0.119. The molecular formula is C14H17N3O. The molecule has 0 saturated carbocycles. The van der Waals surface area contributed by atoms with Crippen LogP contribution in [0.3, 0.4) is 0 Å². The van der Waals surface area contributed by atoms with Gasteiger partial charge in [0.25, 0.3) is 0 Å². The minimum Gasteiger partial charge on any atom is -0.324 e. The lowest BCUT2D eigenvalue weighted by Gasteiger charge is -2.12. The van der Waals surface area contributed by atoms with E-state index < -0.39 is 0 Å². The van der Waals surface area contributed by atoms with E-state index in [9.17, 15) is 4.79 Å². The third kappa shape index (κ3) is 2.77. The van der Waals surface area contributed by atoms with Crippen LogP contribution in [0.1, 0.15) is 25.5 Å². The molecule has 0 aliphatic carbocycles. The minimum atomic E-state index is -0.314. The van der Waals surface area contributed by atoms with Gasteiger partial charge >= 0.3 is 0 Å². The van der Waals surface area contributed by atoms with Crippen molar-refractivity contribution in [3.8, 4) is 0 Å².